The third kappa shape index (κ3) is 3.92. The van der Waals surface area contributed by atoms with E-state index in [9.17, 15) is 8.78 Å². The number of methoxy groups -OCH3 is 1. The molecule has 112 valence electrons. The van der Waals surface area contributed by atoms with Crippen LogP contribution in [-0.4, -0.2) is 7.11 Å². The lowest BCUT2D eigenvalue weighted by Crippen LogP contribution is -2.02. The predicted molar refractivity (Wildman–Crippen MR) is 79.3 cm³/mol. The monoisotopic (exact) mass is 357 g/mol. The van der Waals surface area contributed by atoms with Crippen molar-refractivity contribution < 1.29 is 18.3 Å². The third-order valence-electron chi connectivity index (χ3n) is 2.83. The highest BCUT2D eigenvalue weighted by Gasteiger charge is 2.12. The molecule has 0 atom stereocenters. The molecule has 0 aliphatic carbocycles. The van der Waals surface area contributed by atoms with Crippen molar-refractivity contribution in [2.24, 2.45) is 5.73 Å². The van der Waals surface area contributed by atoms with Crippen LogP contribution in [0.25, 0.3) is 0 Å². The molecule has 0 saturated heterocycles. The summed E-state index contributed by atoms with van der Waals surface area (Å²) in [6, 6.07) is 6.82. The van der Waals surface area contributed by atoms with Gasteiger partial charge in [-0.25, -0.2) is 8.78 Å². The van der Waals surface area contributed by atoms with E-state index in [1.54, 1.807) is 6.07 Å². The molecule has 0 aliphatic rings. The normalized spacial score (nSPS) is 10.5. The Kier molecular flexibility index (Phi) is 5.14. The van der Waals surface area contributed by atoms with Crippen molar-refractivity contribution in [3.63, 3.8) is 0 Å². The van der Waals surface area contributed by atoms with Gasteiger partial charge in [0.05, 0.1) is 11.6 Å². The molecule has 2 N–H and O–H groups in total. The number of nitrogens with two attached hydrogens (primary N) is 1. The van der Waals surface area contributed by atoms with E-state index in [2.05, 4.69) is 15.9 Å². The van der Waals surface area contributed by atoms with E-state index in [-0.39, 0.29) is 6.61 Å². The highest BCUT2D eigenvalue weighted by atomic mass is 79.9. The van der Waals surface area contributed by atoms with Gasteiger partial charge in [-0.2, -0.15) is 0 Å². The summed E-state index contributed by atoms with van der Waals surface area (Å²) in [5.74, 6) is -0.322. The number of hydrogen-bond donors (Lipinski definition) is 1. The second kappa shape index (κ2) is 6.87. The molecule has 2 aromatic carbocycles. The highest BCUT2D eigenvalue weighted by molar-refractivity contribution is 9.10. The van der Waals surface area contributed by atoms with Crippen molar-refractivity contribution in [2.45, 2.75) is 13.2 Å². The molecule has 0 saturated carbocycles. The van der Waals surface area contributed by atoms with Crippen LogP contribution in [-0.2, 0) is 13.2 Å². The zero-order chi connectivity index (χ0) is 15.4. The summed E-state index contributed by atoms with van der Waals surface area (Å²) in [7, 11) is 1.51. The van der Waals surface area contributed by atoms with Crippen molar-refractivity contribution in [3.05, 3.63) is 57.6 Å². The van der Waals surface area contributed by atoms with Crippen molar-refractivity contribution >= 4 is 15.9 Å². The van der Waals surface area contributed by atoms with Crippen LogP contribution in [0.1, 0.15) is 11.1 Å². The minimum absolute atomic E-state index is 0.0195. The molecule has 0 aliphatic heterocycles. The van der Waals surface area contributed by atoms with Gasteiger partial charge in [0.1, 0.15) is 18.2 Å². The summed E-state index contributed by atoms with van der Waals surface area (Å²) in [4.78, 5) is 0. The zero-order valence-corrected chi connectivity index (χ0v) is 12.9. The molecule has 21 heavy (non-hydrogen) atoms. The molecular formula is C15H14BrF2NO2. The Morgan fingerprint density at radius 3 is 2.29 bits per heavy atom. The van der Waals surface area contributed by atoms with Crippen LogP contribution in [0.4, 0.5) is 8.78 Å². The number of benzene rings is 2. The summed E-state index contributed by atoms with van der Waals surface area (Å²) in [5, 5.41) is 0. The smallest absolute Gasteiger partial charge is 0.175 e. The summed E-state index contributed by atoms with van der Waals surface area (Å²) in [6.45, 7) is 0.385. The Morgan fingerprint density at radius 2 is 1.71 bits per heavy atom. The summed E-state index contributed by atoms with van der Waals surface area (Å²) >= 11 is 3.37. The van der Waals surface area contributed by atoms with Gasteiger partial charge in [-0.3, -0.25) is 0 Å². The Morgan fingerprint density at radius 1 is 1.05 bits per heavy atom. The molecule has 0 fully saturated rings. The maximum absolute atomic E-state index is 13.1. The van der Waals surface area contributed by atoms with Crippen molar-refractivity contribution in [2.75, 3.05) is 7.11 Å². The first-order chi connectivity index (χ1) is 10.0. The average Bonchev–Trinajstić information content (AvgIpc) is 2.44. The predicted octanol–water partition coefficient (Wildman–Crippen LogP) is 3.77. The lowest BCUT2D eigenvalue weighted by Gasteiger charge is -2.14. The maximum Gasteiger partial charge on any atom is 0.175 e. The van der Waals surface area contributed by atoms with Crippen LogP contribution in [0.2, 0.25) is 0 Å². The topological polar surface area (TPSA) is 44.5 Å². The Balaban J connectivity index is 2.23. The summed E-state index contributed by atoms with van der Waals surface area (Å²) in [6.07, 6.45) is 0. The third-order valence-corrected chi connectivity index (χ3v) is 3.42. The minimum Gasteiger partial charge on any atom is -0.493 e. The molecular weight excluding hydrogens is 344 g/mol. The quantitative estimate of drug-likeness (QED) is 0.885. The standard InChI is InChI=1S/C15H14BrF2NO2/c1-20-14-5-9(7-19)4-13(16)15(14)21-8-10-2-11(17)6-12(18)3-10/h2-6H,7-8,19H2,1H3. The molecule has 0 unspecified atom stereocenters. The van der Waals surface area contributed by atoms with Crippen LogP contribution in [0.3, 0.4) is 0 Å². The fourth-order valence-corrected chi connectivity index (χ4v) is 2.48. The Hall–Kier alpha value is -1.66. The van der Waals surface area contributed by atoms with E-state index in [0.29, 0.717) is 28.1 Å². The van der Waals surface area contributed by atoms with E-state index < -0.39 is 11.6 Å². The first kappa shape index (κ1) is 15.7. The van der Waals surface area contributed by atoms with Gasteiger partial charge in [0.15, 0.2) is 11.5 Å². The van der Waals surface area contributed by atoms with E-state index in [1.165, 1.54) is 19.2 Å². The molecule has 0 heterocycles. The molecule has 2 aromatic rings. The Bertz CT molecular complexity index is 630. The molecule has 0 amide bonds. The number of hydrogen-bond acceptors (Lipinski definition) is 3. The number of rotatable bonds is 5. The summed E-state index contributed by atoms with van der Waals surface area (Å²) in [5.41, 5.74) is 6.86. The van der Waals surface area contributed by atoms with Gasteiger partial charge in [-0.15, -0.1) is 0 Å². The second-order valence-corrected chi connectivity index (χ2v) is 5.23. The maximum atomic E-state index is 13.1. The van der Waals surface area contributed by atoms with Crippen LogP contribution in [0.15, 0.2) is 34.8 Å². The molecule has 6 heteroatoms. The van der Waals surface area contributed by atoms with Crippen LogP contribution >= 0.6 is 15.9 Å². The van der Waals surface area contributed by atoms with Crippen LogP contribution in [0.5, 0.6) is 11.5 Å². The van der Waals surface area contributed by atoms with E-state index in [1.807, 2.05) is 6.07 Å². The lowest BCUT2D eigenvalue weighted by molar-refractivity contribution is 0.281. The van der Waals surface area contributed by atoms with Crippen LogP contribution in [0, 0.1) is 11.6 Å². The molecule has 0 aromatic heterocycles. The lowest BCUT2D eigenvalue weighted by atomic mass is 10.2. The van der Waals surface area contributed by atoms with Gasteiger partial charge in [-0.1, -0.05) is 0 Å². The van der Waals surface area contributed by atoms with Crippen molar-refractivity contribution in [3.8, 4) is 11.5 Å². The van der Waals surface area contributed by atoms with Gasteiger partial charge in [0, 0.05) is 12.6 Å². The molecule has 0 radical (unpaired) electrons. The molecule has 3 nitrogen and oxygen atoms in total. The molecule has 0 bridgehead atoms. The minimum atomic E-state index is -0.641. The van der Waals surface area contributed by atoms with E-state index in [0.717, 1.165) is 11.6 Å². The van der Waals surface area contributed by atoms with Crippen LogP contribution < -0.4 is 15.2 Å². The zero-order valence-electron chi connectivity index (χ0n) is 11.3. The van der Waals surface area contributed by atoms with Crippen molar-refractivity contribution in [1.29, 1.82) is 0 Å². The molecule has 0 spiro atoms. The fraction of sp³-hybridized carbons (Fsp3) is 0.200. The number of ether oxygens (including phenoxy) is 2. The van der Waals surface area contributed by atoms with Crippen molar-refractivity contribution in [1.82, 2.24) is 0 Å². The van der Waals surface area contributed by atoms with Gasteiger partial charge >= 0.3 is 0 Å². The Labute approximate surface area is 129 Å². The molecule has 2 rings (SSSR count). The highest BCUT2D eigenvalue weighted by Crippen LogP contribution is 2.37. The largest absolute Gasteiger partial charge is 0.493 e. The first-order valence-electron chi connectivity index (χ1n) is 6.17. The second-order valence-electron chi connectivity index (χ2n) is 4.38. The van der Waals surface area contributed by atoms with Gasteiger partial charge < -0.3 is 15.2 Å². The van der Waals surface area contributed by atoms with Gasteiger partial charge in [-0.05, 0) is 51.3 Å². The SMILES string of the molecule is COc1cc(CN)cc(Br)c1OCc1cc(F)cc(F)c1. The number of halogens is 3. The van der Waals surface area contributed by atoms with E-state index in [4.69, 9.17) is 15.2 Å². The van der Waals surface area contributed by atoms with Gasteiger partial charge in [0.2, 0.25) is 0 Å². The fourth-order valence-electron chi connectivity index (χ4n) is 1.88. The van der Waals surface area contributed by atoms with Gasteiger partial charge in [0.25, 0.3) is 0 Å². The average molecular weight is 358 g/mol. The van der Waals surface area contributed by atoms with E-state index >= 15 is 0 Å². The summed E-state index contributed by atoms with van der Waals surface area (Å²) < 4.78 is 37.8. The first-order valence-corrected chi connectivity index (χ1v) is 6.97.